The molecule has 8 atom stereocenters. The van der Waals surface area contributed by atoms with Crippen LogP contribution in [-0.2, 0) is 9.59 Å². The van der Waals surface area contributed by atoms with Crippen LogP contribution < -0.4 is 0 Å². The Kier molecular flexibility index (Phi) is 3.81. The Bertz CT molecular complexity index is 615. The number of ketones is 2. The van der Waals surface area contributed by atoms with Crippen LogP contribution in [0.3, 0.4) is 0 Å². The largest absolute Gasteiger partial charge is 0.393 e. The minimum atomic E-state index is -1.29. The normalized spacial score (nSPS) is 55.2. The minimum absolute atomic E-state index is 0.0223. The quantitative estimate of drug-likeness (QED) is 0.764. The van der Waals surface area contributed by atoms with E-state index in [1.54, 1.807) is 0 Å². The highest BCUT2D eigenvalue weighted by atomic mass is 16.3. The molecule has 0 bridgehead atoms. The Balaban J connectivity index is 1.71. The second-order valence-electron chi connectivity index (χ2n) is 9.96. The van der Waals surface area contributed by atoms with Gasteiger partial charge < -0.3 is 10.2 Å². The van der Waals surface area contributed by atoms with Gasteiger partial charge in [-0.25, -0.2) is 0 Å². The van der Waals surface area contributed by atoms with Crippen molar-refractivity contribution in [1.82, 2.24) is 0 Å². The molecule has 0 aromatic rings. The fourth-order valence-corrected chi connectivity index (χ4v) is 7.75. The van der Waals surface area contributed by atoms with E-state index in [0.29, 0.717) is 49.2 Å². The summed E-state index contributed by atoms with van der Waals surface area (Å²) < 4.78 is 0. The molecule has 0 aliphatic heterocycles. The molecule has 4 aliphatic rings. The van der Waals surface area contributed by atoms with Gasteiger partial charge in [-0.3, -0.25) is 9.59 Å². The Morgan fingerprint density at radius 1 is 1.16 bits per heavy atom. The highest BCUT2D eigenvalue weighted by molar-refractivity contribution is 5.86. The number of Topliss-reactive ketones (excluding diaryl/α,β-unsaturated/α-hetero) is 2. The molecule has 4 nitrogen and oxygen atoms in total. The summed E-state index contributed by atoms with van der Waals surface area (Å²) in [7, 11) is 0. The predicted molar refractivity (Wildman–Crippen MR) is 93.8 cm³/mol. The van der Waals surface area contributed by atoms with E-state index in [-0.39, 0.29) is 17.1 Å². The smallest absolute Gasteiger partial charge is 0.161 e. The maximum absolute atomic E-state index is 12.3. The number of carbonyl (C=O) groups excluding carboxylic acids is 2. The Morgan fingerprint density at radius 3 is 2.56 bits per heavy atom. The summed E-state index contributed by atoms with van der Waals surface area (Å²) in [5, 5.41) is 22.4. The van der Waals surface area contributed by atoms with E-state index >= 15 is 0 Å². The number of hydrogen-bond donors (Lipinski definition) is 2. The van der Waals surface area contributed by atoms with Gasteiger partial charge in [-0.05, 0) is 74.5 Å². The Hall–Kier alpha value is -0.740. The van der Waals surface area contributed by atoms with Gasteiger partial charge in [0.05, 0.1) is 6.10 Å². The van der Waals surface area contributed by atoms with Gasteiger partial charge in [-0.1, -0.05) is 13.8 Å². The first-order valence-electron chi connectivity index (χ1n) is 10.1. The van der Waals surface area contributed by atoms with Crippen LogP contribution >= 0.6 is 0 Å². The molecule has 4 heteroatoms. The molecule has 0 spiro atoms. The Morgan fingerprint density at radius 2 is 1.88 bits per heavy atom. The molecule has 8 unspecified atom stereocenters. The van der Waals surface area contributed by atoms with Gasteiger partial charge in [0.15, 0.2) is 5.78 Å². The molecule has 4 rings (SSSR count). The number of hydrogen-bond acceptors (Lipinski definition) is 4. The predicted octanol–water partition coefficient (Wildman–Crippen LogP) is 2.89. The molecule has 0 aromatic carbocycles. The molecule has 0 radical (unpaired) electrons. The fourth-order valence-electron chi connectivity index (χ4n) is 7.75. The second kappa shape index (κ2) is 5.39. The van der Waals surface area contributed by atoms with Crippen LogP contribution in [0.1, 0.15) is 72.1 Å². The molecule has 0 saturated heterocycles. The molecule has 4 aliphatic carbocycles. The third-order valence-electron chi connectivity index (χ3n) is 9.15. The van der Waals surface area contributed by atoms with Gasteiger partial charge in [0.2, 0.25) is 0 Å². The van der Waals surface area contributed by atoms with Crippen molar-refractivity contribution in [1.29, 1.82) is 0 Å². The molecule has 4 fully saturated rings. The first-order valence-corrected chi connectivity index (χ1v) is 10.1. The fraction of sp³-hybridized carbons (Fsp3) is 0.905. The van der Waals surface area contributed by atoms with Gasteiger partial charge in [-0.2, -0.15) is 0 Å². The van der Waals surface area contributed by atoms with Crippen LogP contribution in [-0.4, -0.2) is 33.5 Å². The average molecular weight is 348 g/mol. The summed E-state index contributed by atoms with van der Waals surface area (Å²) in [6.07, 6.45) is 5.67. The van der Waals surface area contributed by atoms with Gasteiger partial charge in [0.1, 0.15) is 11.4 Å². The molecule has 0 amide bonds. The molecule has 25 heavy (non-hydrogen) atoms. The zero-order valence-electron chi connectivity index (χ0n) is 15.8. The summed E-state index contributed by atoms with van der Waals surface area (Å²) in [5.74, 6) is 1.48. The molecule has 0 aromatic heterocycles. The van der Waals surface area contributed by atoms with Crippen LogP contribution in [0, 0.1) is 34.5 Å². The number of carbonyl (C=O) groups is 2. The van der Waals surface area contributed by atoms with E-state index in [9.17, 15) is 19.8 Å². The van der Waals surface area contributed by atoms with E-state index in [0.717, 1.165) is 25.7 Å². The maximum Gasteiger partial charge on any atom is 0.161 e. The molecule has 2 N–H and O–H groups in total. The lowest BCUT2D eigenvalue weighted by Crippen LogP contribution is -2.62. The van der Waals surface area contributed by atoms with Crippen molar-refractivity contribution in [3.05, 3.63) is 0 Å². The van der Waals surface area contributed by atoms with E-state index in [2.05, 4.69) is 6.92 Å². The van der Waals surface area contributed by atoms with Crippen LogP contribution in [0.15, 0.2) is 0 Å². The van der Waals surface area contributed by atoms with E-state index in [1.165, 1.54) is 6.92 Å². The van der Waals surface area contributed by atoms with E-state index < -0.39 is 17.1 Å². The third-order valence-corrected chi connectivity index (χ3v) is 9.15. The molecule has 4 saturated carbocycles. The summed E-state index contributed by atoms with van der Waals surface area (Å²) in [6, 6.07) is 0. The number of fused-ring (bicyclic) bond motifs is 5. The molecule has 140 valence electrons. The monoisotopic (exact) mass is 348 g/mol. The number of rotatable bonds is 1. The number of aliphatic hydroxyl groups excluding tert-OH is 1. The van der Waals surface area contributed by atoms with Gasteiger partial charge >= 0.3 is 0 Å². The molecular formula is C21H32O4. The van der Waals surface area contributed by atoms with Crippen LogP contribution in [0.25, 0.3) is 0 Å². The third kappa shape index (κ3) is 2.13. The standard InChI is InChI=1S/C21H32O4/c1-12(22)21(25)9-7-16-15-5-4-13-10-14(23)6-8-19(13,2)18(15)17(24)11-20(16,21)3/h13,15-18,24-25H,4-11H2,1-3H3. The average Bonchev–Trinajstić information content (AvgIpc) is 2.80. The SMILES string of the molecule is CC(=O)C1(O)CCC2C3CCC4CC(=O)CCC4(C)C3C(O)CC21C. The Labute approximate surface area is 150 Å². The highest BCUT2D eigenvalue weighted by Crippen LogP contribution is 2.68. The lowest BCUT2D eigenvalue weighted by molar-refractivity contribution is -0.197. The topological polar surface area (TPSA) is 74.6 Å². The van der Waals surface area contributed by atoms with Gasteiger partial charge in [0.25, 0.3) is 0 Å². The molecular weight excluding hydrogens is 316 g/mol. The van der Waals surface area contributed by atoms with Gasteiger partial charge in [-0.15, -0.1) is 0 Å². The summed E-state index contributed by atoms with van der Waals surface area (Å²) in [4.78, 5) is 24.2. The van der Waals surface area contributed by atoms with Crippen LogP contribution in [0.4, 0.5) is 0 Å². The van der Waals surface area contributed by atoms with E-state index in [1.807, 2.05) is 6.92 Å². The van der Waals surface area contributed by atoms with Crippen molar-refractivity contribution in [3.8, 4) is 0 Å². The second-order valence-corrected chi connectivity index (χ2v) is 9.96. The first kappa shape index (κ1) is 17.7. The zero-order chi connectivity index (χ0) is 18.2. The summed E-state index contributed by atoms with van der Waals surface area (Å²) in [5.41, 5.74) is -1.79. The van der Waals surface area contributed by atoms with Crippen molar-refractivity contribution in [2.75, 3.05) is 0 Å². The van der Waals surface area contributed by atoms with E-state index in [4.69, 9.17) is 0 Å². The van der Waals surface area contributed by atoms with Crippen LogP contribution in [0.5, 0.6) is 0 Å². The summed E-state index contributed by atoms with van der Waals surface area (Å²) in [6.45, 7) is 5.82. The first-order chi connectivity index (χ1) is 11.6. The van der Waals surface area contributed by atoms with Gasteiger partial charge in [0, 0.05) is 18.3 Å². The van der Waals surface area contributed by atoms with Crippen molar-refractivity contribution in [2.45, 2.75) is 83.8 Å². The van der Waals surface area contributed by atoms with Crippen molar-refractivity contribution in [3.63, 3.8) is 0 Å². The van der Waals surface area contributed by atoms with Crippen molar-refractivity contribution < 1.29 is 19.8 Å². The van der Waals surface area contributed by atoms with Crippen molar-refractivity contribution in [2.24, 2.45) is 34.5 Å². The lowest BCUT2D eigenvalue weighted by atomic mass is 9.43. The minimum Gasteiger partial charge on any atom is -0.393 e. The summed E-state index contributed by atoms with van der Waals surface area (Å²) >= 11 is 0. The highest BCUT2D eigenvalue weighted by Gasteiger charge is 2.68. The molecule has 0 heterocycles. The maximum atomic E-state index is 12.3. The van der Waals surface area contributed by atoms with Crippen LogP contribution in [0.2, 0.25) is 0 Å². The number of aliphatic hydroxyl groups is 2. The van der Waals surface area contributed by atoms with Crippen molar-refractivity contribution >= 4 is 11.6 Å². The lowest BCUT2D eigenvalue weighted by Gasteiger charge is -2.62. The zero-order valence-corrected chi connectivity index (χ0v) is 15.8.